The van der Waals surface area contributed by atoms with E-state index in [-0.39, 0.29) is 5.82 Å². The van der Waals surface area contributed by atoms with Crippen molar-refractivity contribution < 1.29 is 4.39 Å². The Morgan fingerprint density at radius 3 is 2.76 bits per heavy atom. The van der Waals surface area contributed by atoms with Crippen molar-refractivity contribution in [1.82, 2.24) is 10.2 Å². The molecule has 0 spiro atoms. The summed E-state index contributed by atoms with van der Waals surface area (Å²) < 4.78 is 14.0. The van der Waals surface area contributed by atoms with Crippen LogP contribution in [0, 0.1) is 5.82 Å². The average molecular weight is 313 g/mol. The molecule has 21 heavy (non-hydrogen) atoms. The first-order valence-corrected chi connectivity index (χ1v) is 8.43. The molecule has 4 heteroatoms. The van der Waals surface area contributed by atoms with Crippen LogP contribution in [0.4, 0.5) is 4.39 Å². The van der Waals surface area contributed by atoms with Crippen LogP contribution in [0.3, 0.4) is 0 Å². The molecule has 1 aliphatic rings. The summed E-state index contributed by atoms with van der Waals surface area (Å²) in [4.78, 5) is 2.43. The van der Waals surface area contributed by atoms with Gasteiger partial charge in [-0.1, -0.05) is 38.3 Å². The van der Waals surface area contributed by atoms with Crippen LogP contribution in [0.2, 0.25) is 5.02 Å². The molecule has 2 nitrogen and oxygen atoms in total. The van der Waals surface area contributed by atoms with Gasteiger partial charge in [0.25, 0.3) is 0 Å². The van der Waals surface area contributed by atoms with Gasteiger partial charge in [0.2, 0.25) is 0 Å². The Balaban J connectivity index is 2.09. The Kier molecular flexibility index (Phi) is 6.46. The van der Waals surface area contributed by atoms with Crippen LogP contribution < -0.4 is 5.32 Å². The first-order valence-electron chi connectivity index (χ1n) is 8.05. The zero-order chi connectivity index (χ0) is 15.2. The lowest BCUT2D eigenvalue weighted by molar-refractivity contribution is 0.110. The number of rotatable bonds is 6. The minimum absolute atomic E-state index is 0.153. The van der Waals surface area contributed by atoms with Crippen molar-refractivity contribution in [3.63, 3.8) is 0 Å². The van der Waals surface area contributed by atoms with Crippen LogP contribution in [-0.4, -0.2) is 30.1 Å². The molecule has 0 amide bonds. The molecule has 1 saturated heterocycles. The number of hydrogen-bond donors (Lipinski definition) is 1. The van der Waals surface area contributed by atoms with Crippen LogP contribution in [0.15, 0.2) is 18.2 Å². The van der Waals surface area contributed by atoms with E-state index in [1.165, 1.54) is 18.9 Å². The number of benzene rings is 1. The van der Waals surface area contributed by atoms with Crippen LogP contribution in [0.5, 0.6) is 0 Å². The average Bonchev–Trinajstić information content (AvgIpc) is 2.46. The maximum atomic E-state index is 14.0. The van der Waals surface area contributed by atoms with Gasteiger partial charge < -0.3 is 5.32 Å². The molecule has 1 heterocycles. The van der Waals surface area contributed by atoms with Crippen molar-refractivity contribution in [2.75, 3.05) is 13.1 Å². The maximum absolute atomic E-state index is 14.0. The highest BCUT2D eigenvalue weighted by molar-refractivity contribution is 6.30. The molecule has 118 valence electrons. The highest BCUT2D eigenvalue weighted by atomic mass is 35.5. The van der Waals surface area contributed by atoms with Crippen molar-refractivity contribution >= 4 is 11.6 Å². The van der Waals surface area contributed by atoms with E-state index in [2.05, 4.69) is 24.1 Å². The van der Waals surface area contributed by atoms with E-state index in [4.69, 9.17) is 11.6 Å². The highest BCUT2D eigenvalue weighted by Gasteiger charge is 2.27. The zero-order valence-corrected chi connectivity index (χ0v) is 13.8. The molecule has 1 aliphatic heterocycles. The topological polar surface area (TPSA) is 15.3 Å². The third kappa shape index (κ3) is 4.67. The Morgan fingerprint density at radius 2 is 2.05 bits per heavy atom. The van der Waals surface area contributed by atoms with Crippen molar-refractivity contribution in [2.24, 2.45) is 0 Å². The largest absolute Gasteiger partial charge is 0.311 e. The standard InChI is InChI=1S/C17H26ClFN2/c1-3-5-15-12-21(16(6-4-2)10-20-15)11-13-9-14(18)7-8-17(13)19/h7-9,15-16,20H,3-6,10-12H2,1-2H3. The van der Waals surface area contributed by atoms with Gasteiger partial charge in [-0.25, -0.2) is 4.39 Å². The Morgan fingerprint density at radius 1 is 1.29 bits per heavy atom. The van der Waals surface area contributed by atoms with E-state index < -0.39 is 0 Å². The molecular weight excluding hydrogens is 287 g/mol. The lowest BCUT2D eigenvalue weighted by Crippen LogP contribution is -2.55. The van der Waals surface area contributed by atoms with Crippen molar-refractivity contribution in [2.45, 2.75) is 58.2 Å². The SMILES string of the molecule is CCCC1CN(Cc2cc(Cl)ccc2F)C(CCC)CN1. The van der Waals surface area contributed by atoms with Crippen LogP contribution in [0.25, 0.3) is 0 Å². The van der Waals surface area contributed by atoms with Gasteiger partial charge in [0.1, 0.15) is 5.82 Å². The van der Waals surface area contributed by atoms with Gasteiger partial charge in [0, 0.05) is 42.3 Å². The summed E-state index contributed by atoms with van der Waals surface area (Å²) in [5, 5.41) is 4.25. The second-order valence-electron chi connectivity index (χ2n) is 6.00. The van der Waals surface area contributed by atoms with Gasteiger partial charge >= 0.3 is 0 Å². The molecule has 2 atom stereocenters. The smallest absolute Gasteiger partial charge is 0.127 e. The third-order valence-electron chi connectivity index (χ3n) is 4.25. The fourth-order valence-corrected chi connectivity index (χ4v) is 3.36. The lowest BCUT2D eigenvalue weighted by atomic mass is 10.0. The van der Waals surface area contributed by atoms with Gasteiger partial charge in [-0.3, -0.25) is 4.90 Å². The predicted octanol–water partition coefficient (Wildman–Crippen LogP) is 4.22. The first-order chi connectivity index (χ1) is 10.1. The van der Waals surface area contributed by atoms with E-state index >= 15 is 0 Å². The maximum Gasteiger partial charge on any atom is 0.127 e. The summed E-state index contributed by atoms with van der Waals surface area (Å²) in [5.74, 6) is -0.153. The minimum Gasteiger partial charge on any atom is -0.311 e. The molecule has 2 unspecified atom stereocenters. The van der Waals surface area contributed by atoms with E-state index in [1.54, 1.807) is 12.1 Å². The van der Waals surface area contributed by atoms with Crippen LogP contribution in [-0.2, 0) is 6.54 Å². The van der Waals surface area contributed by atoms with Gasteiger partial charge in [0.15, 0.2) is 0 Å². The second kappa shape index (κ2) is 8.11. The van der Waals surface area contributed by atoms with Gasteiger partial charge in [-0.2, -0.15) is 0 Å². The highest BCUT2D eigenvalue weighted by Crippen LogP contribution is 2.21. The second-order valence-corrected chi connectivity index (χ2v) is 6.44. The quantitative estimate of drug-likeness (QED) is 0.846. The third-order valence-corrected chi connectivity index (χ3v) is 4.49. The van der Waals surface area contributed by atoms with Crippen LogP contribution in [0.1, 0.15) is 45.1 Å². The van der Waals surface area contributed by atoms with Crippen molar-refractivity contribution in [1.29, 1.82) is 0 Å². The number of nitrogens with one attached hydrogen (secondary N) is 1. The summed E-state index contributed by atoms with van der Waals surface area (Å²) in [6.45, 7) is 7.06. The number of halogens is 2. The molecule has 0 radical (unpaired) electrons. The minimum atomic E-state index is -0.153. The molecule has 1 aromatic carbocycles. The van der Waals surface area contributed by atoms with Gasteiger partial charge in [0.05, 0.1) is 0 Å². The molecule has 2 rings (SSSR count). The lowest BCUT2D eigenvalue weighted by Gasteiger charge is -2.40. The predicted molar refractivity (Wildman–Crippen MR) is 87.2 cm³/mol. The number of nitrogens with zero attached hydrogens (tertiary/aromatic N) is 1. The van der Waals surface area contributed by atoms with Crippen molar-refractivity contribution in [3.05, 3.63) is 34.6 Å². The molecule has 0 aromatic heterocycles. The van der Waals surface area contributed by atoms with E-state index in [0.717, 1.165) is 25.9 Å². The van der Waals surface area contributed by atoms with Gasteiger partial charge in [-0.15, -0.1) is 0 Å². The molecule has 0 bridgehead atoms. The zero-order valence-electron chi connectivity index (χ0n) is 13.0. The monoisotopic (exact) mass is 312 g/mol. The van der Waals surface area contributed by atoms with E-state index in [0.29, 0.717) is 29.2 Å². The summed E-state index contributed by atoms with van der Waals surface area (Å²) in [6.07, 6.45) is 4.65. The number of piperazine rings is 1. The van der Waals surface area contributed by atoms with Crippen molar-refractivity contribution in [3.8, 4) is 0 Å². The molecule has 1 fully saturated rings. The molecule has 0 aliphatic carbocycles. The summed E-state index contributed by atoms with van der Waals surface area (Å²) in [7, 11) is 0. The molecular formula is C17H26ClFN2. The Labute approximate surface area is 132 Å². The van der Waals surface area contributed by atoms with Gasteiger partial charge in [-0.05, 0) is 31.0 Å². The fourth-order valence-electron chi connectivity index (χ4n) is 3.17. The molecule has 0 saturated carbocycles. The summed E-state index contributed by atoms with van der Waals surface area (Å²) >= 11 is 6.01. The Bertz CT molecular complexity index is 452. The normalized spacial score (nSPS) is 23.4. The Hall–Kier alpha value is -0.640. The summed E-state index contributed by atoms with van der Waals surface area (Å²) in [6, 6.07) is 5.85. The van der Waals surface area contributed by atoms with Crippen LogP contribution >= 0.6 is 11.6 Å². The fraction of sp³-hybridized carbons (Fsp3) is 0.647. The summed E-state index contributed by atoms with van der Waals surface area (Å²) in [5.41, 5.74) is 0.709. The first kappa shape index (κ1) is 16.7. The van der Waals surface area contributed by atoms with E-state index in [9.17, 15) is 4.39 Å². The molecule has 1 N–H and O–H groups in total. The molecule has 1 aromatic rings. The van der Waals surface area contributed by atoms with E-state index in [1.807, 2.05) is 0 Å². The number of hydrogen-bond acceptors (Lipinski definition) is 2.